The smallest absolute Gasteiger partial charge is 0.379 e. The highest BCUT2D eigenvalue weighted by atomic mass is 19.3. The molecule has 0 heterocycles. The number of carbonyl (C=O) groups is 1. The second-order valence-electron chi connectivity index (χ2n) is 3.82. The predicted molar refractivity (Wildman–Crippen MR) is 59.6 cm³/mol. The van der Waals surface area contributed by atoms with Crippen LogP contribution in [-0.4, -0.2) is 18.5 Å². The van der Waals surface area contributed by atoms with Crippen LogP contribution >= 0.6 is 0 Å². The standard InChI is InChI=1S/C12H14F3NO2/c1-3-18-11(17)12(14,15)10(16)9-5-4-8(13)6-7(9)2/h4-6,10H,3,16H2,1-2H3/t10-/m0/s1. The Hall–Kier alpha value is -1.56. The highest BCUT2D eigenvalue weighted by Gasteiger charge is 2.48. The molecule has 3 nitrogen and oxygen atoms in total. The Kier molecular flexibility index (Phi) is 4.34. The van der Waals surface area contributed by atoms with Gasteiger partial charge in [0.05, 0.1) is 6.61 Å². The van der Waals surface area contributed by atoms with Crippen LogP contribution in [-0.2, 0) is 9.53 Å². The lowest BCUT2D eigenvalue weighted by Gasteiger charge is -2.23. The van der Waals surface area contributed by atoms with E-state index >= 15 is 0 Å². The van der Waals surface area contributed by atoms with Crippen LogP contribution in [0.5, 0.6) is 0 Å². The van der Waals surface area contributed by atoms with Gasteiger partial charge < -0.3 is 10.5 Å². The third kappa shape index (κ3) is 2.81. The molecule has 0 amide bonds. The molecule has 0 radical (unpaired) electrons. The fraction of sp³-hybridized carbons (Fsp3) is 0.417. The van der Waals surface area contributed by atoms with Crippen LogP contribution in [0.1, 0.15) is 24.1 Å². The van der Waals surface area contributed by atoms with Gasteiger partial charge in [-0.1, -0.05) is 6.07 Å². The van der Waals surface area contributed by atoms with Gasteiger partial charge >= 0.3 is 11.9 Å². The summed E-state index contributed by atoms with van der Waals surface area (Å²) in [6, 6.07) is 1.37. The van der Waals surface area contributed by atoms with Crippen LogP contribution < -0.4 is 5.73 Å². The molecule has 0 aromatic heterocycles. The van der Waals surface area contributed by atoms with E-state index in [0.29, 0.717) is 0 Å². The van der Waals surface area contributed by atoms with E-state index in [1.54, 1.807) is 0 Å². The van der Waals surface area contributed by atoms with E-state index in [1.807, 2.05) is 0 Å². The van der Waals surface area contributed by atoms with Crippen molar-refractivity contribution in [1.82, 2.24) is 0 Å². The fourth-order valence-electron chi connectivity index (χ4n) is 1.54. The van der Waals surface area contributed by atoms with E-state index in [0.717, 1.165) is 18.2 Å². The molecule has 0 saturated heterocycles. The summed E-state index contributed by atoms with van der Waals surface area (Å²) < 4.78 is 44.5. The number of esters is 1. The SMILES string of the molecule is CCOC(=O)C(F)(F)[C@@H](N)c1ccc(F)cc1C. The van der Waals surface area contributed by atoms with Crippen molar-refractivity contribution in [2.24, 2.45) is 5.73 Å². The molecule has 0 saturated carbocycles. The molecule has 1 rings (SSSR count). The number of ether oxygens (including phenoxy) is 1. The first-order chi connectivity index (χ1) is 8.30. The molecule has 1 aromatic carbocycles. The van der Waals surface area contributed by atoms with E-state index in [1.165, 1.54) is 13.8 Å². The minimum Gasteiger partial charge on any atom is -0.462 e. The molecule has 0 unspecified atom stereocenters. The maximum Gasteiger partial charge on any atom is 0.379 e. The average molecular weight is 261 g/mol. The van der Waals surface area contributed by atoms with Gasteiger partial charge in [0.2, 0.25) is 0 Å². The Morgan fingerprint density at radius 2 is 2.11 bits per heavy atom. The summed E-state index contributed by atoms with van der Waals surface area (Å²) in [5.74, 6) is -6.08. The molecule has 0 aliphatic rings. The zero-order valence-electron chi connectivity index (χ0n) is 10.0. The van der Waals surface area contributed by atoms with Gasteiger partial charge in [-0.05, 0) is 37.1 Å². The molecule has 0 bridgehead atoms. The van der Waals surface area contributed by atoms with Crippen LogP contribution in [0, 0.1) is 12.7 Å². The predicted octanol–water partition coefficient (Wildman–Crippen LogP) is 2.33. The Morgan fingerprint density at radius 1 is 1.50 bits per heavy atom. The van der Waals surface area contributed by atoms with Gasteiger partial charge in [-0.25, -0.2) is 9.18 Å². The largest absolute Gasteiger partial charge is 0.462 e. The first-order valence-electron chi connectivity index (χ1n) is 5.37. The van der Waals surface area contributed by atoms with E-state index in [2.05, 4.69) is 4.74 Å². The lowest BCUT2D eigenvalue weighted by molar-refractivity contribution is -0.174. The minimum atomic E-state index is -3.85. The third-order valence-electron chi connectivity index (χ3n) is 2.51. The van der Waals surface area contributed by atoms with Crippen molar-refractivity contribution < 1.29 is 22.7 Å². The number of nitrogens with two attached hydrogens (primary N) is 1. The zero-order valence-corrected chi connectivity index (χ0v) is 10.0. The lowest BCUT2D eigenvalue weighted by atomic mass is 9.97. The Balaban J connectivity index is 3.05. The highest BCUT2D eigenvalue weighted by molar-refractivity contribution is 5.79. The van der Waals surface area contributed by atoms with Crippen molar-refractivity contribution in [3.05, 3.63) is 35.1 Å². The van der Waals surface area contributed by atoms with E-state index in [9.17, 15) is 18.0 Å². The van der Waals surface area contributed by atoms with Crippen molar-refractivity contribution in [3.8, 4) is 0 Å². The van der Waals surface area contributed by atoms with Crippen molar-refractivity contribution in [2.45, 2.75) is 25.8 Å². The number of hydrogen-bond donors (Lipinski definition) is 1. The Bertz CT molecular complexity index is 449. The molecule has 18 heavy (non-hydrogen) atoms. The summed E-state index contributed by atoms with van der Waals surface area (Å²) in [6.45, 7) is 2.70. The van der Waals surface area contributed by atoms with Crippen LogP contribution in [0.3, 0.4) is 0 Å². The first kappa shape index (κ1) is 14.5. The topological polar surface area (TPSA) is 52.3 Å². The number of benzene rings is 1. The van der Waals surface area contributed by atoms with Crippen LogP contribution in [0.25, 0.3) is 0 Å². The summed E-state index contributed by atoms with van der Waals surface area (Å²) in [5, 5.41) is 0. The van der Waals surface area contributed by atoms with Gasteiger partial charge in [-0.15, -0.1) is 0 Å². The summed E-state index contributed by atoms with van der Waals surface area (Å²) in [4.78, 5) is 11.1. The molecule has 0 aliphatic heterocycles. The third-order valence-corrected chi connectivity index (χ3v) is 2.51. The van der Waals surface area contributed by atoms with E-state index < -0.39 is 23.8 Å². The summed E-state index contributed by atoms with van der Waals surface area (Å²) in [6.07, 6.45) is 0. The van der Waals surface area contributed by atoms with Crippen molar-refractivity contribution in [2.75, 3.05) is 6.61 Å². The lowest BCUT2D eigenvalue weighted by Crippen LogP contribution is -2.42. The van der Waals surface area contributed by atoms with Gasteiger partial charge in [0.15, 0.2) is 0 Å². The molecular formula is C12H14F3NO2. The van der Waals surface area contributed by atoms with Crippen molar-refractivity contribution in [3.63, 3.8) is 0 Å². The van der Waals surface area contributed by atoms with Crippen LogP contribution in [0.4, 0.5) is 13.2 Å². The van der Waals surface area contributed by atoms with Crippen LogP contribution in [0.2, 0.25) is 0 Å². The Morgan fingerprint density at radius 3 is 2.61 bits per heavy atom. The zero-order chi connectivity index (χ0) is 13.9. The van der Waals surface area contributed by atoms with E-state index in [-0.39, 0.29) is 17.7 Å². The number of aryl methyl sites for hydroxylation is 1. The molecule has 1 atom stereocenters. The van der Waals surface area contributed by atoms with Gasteiger partial charge in [0, 0.05) is 0 Å². The number of rotatable bonds is 4. The summed E-state index contributed by atoms with van der Waals surface area (Å²) in [5.41, 5.74) is 5.65. The summed E-state index contributed by atoms with van der Waals surface area (Å²) in [7, 11) is 0. The first-order valence-corrected chi connectivity index (χ1v) is 5.37. The number of alkyl halides is 2. The monoisotopic (exact) mass is 261 g/mol. The molecule has 100 valence electrons. The van der Waals surface area contributed by atoms with Gasteiger partial charge in [0.25, 0.3) is 0 Å². The van der Waals surface area contributed by atoms with Crippen molar-refractivity contribution in [1.29, 1.82) is 0 Å². The van der Waals surface area contributed by atoms with Gasteiger partial charge in [-0.2, -0.15) is 8.78 Å². The van der Waals surface area contributed by atoms with E-state index in [4.69, 9.17) is 5.73 Å². The molecule has 1 aromatic rings. The van der Waals surface area contributed by atoms with Gasteiger partial charge in [-0.3, -0.25) is 0 Å². The highest BCUT2D eigenvalue weighted by Crippen LogP contribution is 2.32. The fourth-order valence-corrected chi connectivity index (χ4v) is 1.54. The number of hydrogen-bond acceptors (Lipinski definition) is 3. The molecule has 0 spiro atoms. The maximum atomic E-state index is 13.7. The second-order valence-corrected chi connectivity index (χ2v) is 3.82. The molecule has 0 fully saturated rings. The molecule has 0 aliphatic carbocycles. The second kappa shape index (κ2) is 5.39. The number of carbonyl (C=O) groups excluding carboxylic acids is 1. The number of halogens is 3. The van der Waals surface area contributed by atoms with Gasteiger partial charge in [0.1, 0.15) is 11.9 Å². The Labute approximate surface area is 103 Å². The molecular weight excluding hydrogens is 247 g/mol. The minimum absolute atomic E-state index is 0.00875. The molecule has 2 N–H and O–H groups in total. The van der Waals surface area contributed by atoms with Crippen molar-refractivity contribution >= 4 is 5.97 Å². The van der Waals surface area contributed by atoms with Crippen LogP contribution in [0.15, 0.2) is 18.2 Å². The maximum absolute atomic E-state index is 13.7. The summed E-state index contributed by atoms with van der Waals surface area (Å²) >= 11 is 0. The average Bonchev–Trinajstić information content (AvgIpc) is 2.28. The quantitative estimate of drug-likeness (QED) is 0.846. The molecule has 6 heteroatoms. The normalized spacial score (nSPS) is 13.2.